The first kappa shape index (κ1) is 10.5. The van der Waals surface area contributed by atoms with E-state index >= 15 is 0 Å². The molecular formula is C14H17N3. The van der Waals surface area contributed by atoms with Crippen molar-refractivity contribution in [3.8, 4) is 5.69 Å². The van der Waals surface area contributed by atoms with Gasteiger partial charge >= 0.3 is 0 Å². The van der Waals surface area contributed by atoms with Crippen molar-refractivity contribution in [1.82, 2.24) is 14.8 Å². The lowest BCUT2D eigenvalue weighted by Crippen LogP contribution is -2.07. The Balaban J connectivity index is 1.83. The van der Waals surface area contributed by atoms with Crippen molar-refractivity contribution in [2.45, 2.75) is 38.0 Å². The second-order valence-electron chi connectivity index (χ2n) is 4.72. The lowest BCUT2D eigenvalue weighted by molar-refractivity contribution is 0.428. The molecule has 17 heavy (non-hydrogen) atoms. The molecule has 0 N–H and O–H groups in total. The Morgan fingerprint density at radius 3 is 2.53 bits per heavy atom. The van der Waals surface area contributed by atoms with Gasteiger partial charge < -0.3 is 0 Å². The monoisotopic (exact) mass is 227 g/mol. The van der Waals surface area contributed by atoms with Crippen molar-refractivity contribution in [3.05, 3.63) is 42.5 Å². The van der Waals surface area contributed by atoms with E-state index in [-0.39, 0.29) is 0 Å². The summed E-state index contributed by atoms with van der Waals surface area (Å²) in [6, 6.07) is 10.2. The Kier molecular flexibility index (Phi) is 2.90. The number of aromatic nitrogens is 3. The molecule has 1 aromatic heterocycles. The van der Waals surface area contributed by atoms with E-state index in [1.165, 1.54) is 32.1 Å². The largest absolute Gasteiger partial charge is 0.221 e. The molecule has 1 heterocycles. The molecule has 0 bridgehead atoms. The molecule has 0 atom stereocenters. The van der Waals surface area contributed by atoms with Crippen LogP contribution in [0.3, 0.4) is 0 Å². The minimum atomic E-state index is 0.578. The fourth-order valence-corrected chi connectivity index (χ4v) is 2.53. The highest BCUT2D eigenvalue weighted by atomic mass is 15.3. The van der Waals surface area contributed by atoms with Crippen LogP contribution in [0.5, 0.6) is 0 Å². The van der Waals surface area contributed by atoms with E-state index in [1.807, 2.05) is 29.2 Å². The van der Waals surface area contributed by atoms with Crippen molar-refractivity contribution in [3.63, 3.8) is 0 Å². The van der Waals surface area contributed by atoms with Gasteiger partial charge in [0, 0.05) is 5.92 Å². The molecule has 0 spiro atoms. The van der Waals surface area contributed by atoms with E-state index in [9.17, 15) is 0 Å². The molecule has 1 aliphatic rings. The molecule has 0 amide bonds. The first-order valence-electron chi connectivity index (χ1n) is 6.40. The molecular weight excluding hydrogens is 210 g/mol. The molecule has 1 fully saturated rings. The molecule has 1 aromatic carbocycles. The van der Waals surface area contributed by atoms with E-state index < -0.39 is 0 Å². The summed E-state index contributed by atoms with van der Waals surface area (Å²) < 4.78 is 1.88. The number of benzene rings is 1. The van der Waals surface area contributed by atoms with Gasteiger partial charge in [-0.15, -0.1) is 0 Å². The minimum Gasteiger partial charge on any atom is -0.221 e. The maximum absolute atomic E-state index is 4.61. The fraction of sp³-hybridized carbons (Fsp3) is 0.429. The van der Waals surface area contributed by atoms with Crippen LogP contribution in [0.4, 0.5) is 0 Å². The van der Waals surface area contributed by atoms with Crippen molar-refractivity contribution in [2.24, 2.45) is 0 Å². The topological polar surface area (TPSA) is 30.7 Å². The highest BCUT2D eigenvalue weighted by Crippen LogP contribution is 2.30. The number of rotatable bonds is 2. The van der Waals surface area contributed by atoms with Gasteiger partial charge in [-0.2, -0.15) is 5.10 Å². The summed E-state index contributed by atoms with van der Waals surface area (Å²) in [4.78, 5) is 4.47. The van der Waals surface area contributed by atoms with Gasteiger partial charge in [0.1, 0.15) is 6.33 Å². The Morgan fingerprint density at radius 1 is 1.00 bits per heavy atom. The van der Waals surface area contributed by atoms with E-state index in [0.29, 0.717) is 5.92 Å². The third-order valence-corrected chi connectivity index (χ3v) is 3.50. The van der Waals surface area contributed by atoms with Crippen molar-refractivity contribution in [2.75, 3.05) is 0 Å². The first-order chi connectivity index (χ1) is 8.43. The van der Waals surface area contributed by atoms with Gasteiger partial charge in [0.25, 0.3) is 0 Å². The van der Waals surface area contributed by atoms with E-state index in [4.69, 9.17) is 0 Å². The Hall–Kier alpha value is -1.64. The molecule has 3 rings (SSSR count). The van der Waals surface area contributed by atoms with Crippen LogP contribution in [-0.4, -0.2) is 14.8 Å². The van der Waals surface area contributed by atoms with Crippen LogP contribution in [0.15, 0.2) is 36.7 Å². The van der Waals surface area contributed by atoms with Gasteiger partial charge in [0.05, 0.1) is 5.69 Å². The Morgan fingerprint density at radius 2 is 1.76 bits per heavy atom. The summed E-state index contributed by atoms with van der Waals surface area (Å²) in [6.07, 6.45) is 8.35. The second-order valence-corrected chi connectivity index (χ2v) is 4.72. The highest BCUT2D eigenvalue weighted by molar-refractivity contribution is 5.29. The normalized spacial score (nSPS) is 17.2. The zero-order valence-corrected chi connectivity index (χ0v) is 9.92. The first-order valence-corrected chi connectivity index (χ1v) is 6.40. The summed E-state index contributed by atoms with van der Waals surface area (Å²) >= 11 is 0. The van der Waals surface area contributed by atoms with Crippen LogP contribution in [0.2, 0.25) is 0 Å². The summed E-state index contributed by atoms with van der Waals surface area (Å²) in [5.41, 5.74) is 1.09. The lowest BCUT2D eigenvalue weighted by atomic mass is 9.89. The van der Waals surface area contributed by atoms with Crippen molar-refractivity contribution < 1.29 is 0 Å². The second kappa shape index (κ2) is 4.70. The van der Waals surface area contributed by atoms with Crippen LogP contribution in [0, 0.1) is 0 Å². The summed E-state index contributed by atoms with van der Waals surface area (Å²) in [6.45, 7) is 0. The third-order valence-electron chi connectivity index (χ3n) is 3.50. The summed E-state index contributed by atoms with van der Waals surface area (Å²) in [5.74, 6) is 1.60. The van der Waals surface area contributed by atoms with Crippen LogP contribution < -0.4 is 0 Å². The van der Waals surface area contributed by atoms with Crippen LogP contribution in [-0.2, 0) is 0 Å². The molecule has 1 saturated carbocycles. The zero-order chi connectivity index (χ0) is 11.5. The number of para-hydroxylation sites is 1. The average Bonchev–Trinajstić information content (AvgIpc) is 2.90. The van der Waals surface area contributed by atoms with Gasteiger partial charge in [0.15, 0.2) is 5.82 Å². The lowest BCUT2D eigenvalue weighted by Gasteiger charge is -2.18. The third kappa shape index (κ3) is 2.23. The maximum Gasteiger partial charge on any atom is 0.154 e. The van der Waals surface area contributed by atoms with Crippen LogP contribution in [0.1, 0.15) is 43.8 Å². The van der Waals surface area contributed by atoms with E-state index in [0.717, 1.165) is 11.5 Å². The van der Waals surface area contributed by atoms with Gasteiger partial charge in [-0.05, 0) is 25.0 Å². The quantitative estimate of drug-likeness (QED) is 0.788. The molecule has 3 heteroatoms. The fourth-order valence-electron chi connectivity index (χ4n) is 2.53. The van der Waals surface area contributed by atoms with E-state index in [1.54, 1.807) is 0 Å². The van der Waals surface area contributed by atoms with Crippen LogP contribution >= 0.6 is 0 Å². The number of nitrogens with zero attached hydrogens (tertiary/aromatic N) is 3. The molecule has 3 nitrogen and oxygen atoms in total. The molecule has 0 saturated heterocycles. The highest BCUT2D eigenvalue weighted by Gasteiger charge is 2.19. The predicted octanol–water partition coefficient (Wildman–Crippen LogP) is 3.32. The molecule has 88 valence electrons. The Bertz CT molecular complexity index is 469. The minimum absolute atomic E-state index is 0.578. The molecule has 0 unspecified atom stereocenters. The molecule has 0 radical (unpaired) electrons. The van der Waals surface area contributed by atoms with Gasteiger partial charge in [0.2, 0.25) is 0 Å². The van der Waals surface area contributed by atoms with Gasteiger partial charge in [-0.25, -0.2) is 9.67 Å². The maximum atomic E-state index is 4.61. The van der Waals surface area contributed by atoms with Crippen LogP contribution in [0.25, 0.3) is 5.69 Å². The van der Waals surface area contributed by atoms with E-state index in [2.05, 4.69) is 22.2 Å². The Labute approximate surface area is 101 Å². The number of hydrogen-bond acceptors (Lipinski definition) is 2. The predicted molar refractivity (Wildman–Crippen MR) is 67.2 cm³/mol. The summed E-state index contributed by atoms with van der Waals surface area (Å²) in [5, 5.41) is 4.61. The summed E-state index contributed by atoms with van der Waals surface area (Å²) in [7, 11) is 0. The van der Waals surface area contributed by atoms with Crippen molar-refractivity contribution in [1.29, 1.82) is 0 Å². The number of hydrogen-bond donors (Lipinski definition) is 0. The SMILES string of the molecule is c1ccc(-n2cnc(C3CCCCC3)n2)cc1. The molecule has 2 aromatic rings. The standard InChI is InChI=1S/C14H17N3/c1-3-7-12(8-4-1)14-15-11-17(16-14)13-9-5-2-6-10-13/h2,5-6,9-12H,1,3-4,7-8H2. The zero-order valence-electron chi connectivity index (χ0n) is 9.92. The molecule has 1 aliphatic carbocycles. The van der Waals surface area contributed by atoms with Gasteiger partial charge in [-0.3, -0.25) is 0 Å². The van der Waals surface area contributed by atoms with Crippen molar-refractivity contribution >= 4 is 0 Å². The smallest absolute Gasteiger partial charge is 0.154 e. The average molecular weight is 227 g/mol. The van der Waals surface area contributed by atoms with Gasteiger partial charge in [-0.1, -0.05) is 37.5 Å². The molecule has 0 aliphatic heterocycles.